The monoisotopic (exact) mass is 616 g/mol. The van der Waals surface area contributed by atoms with Crippen molar-refractivity contribution >= 4 is 22.3 Å². The summed E-state index contributed by atoms with van der Waals surface area (Å²) in [4.78, 5) is 15.2. The summed E-state index contributed by atoms with van der Waals surface area (Å²) in [5, 5.41) is 12.9. The standard InChI is InChI=1S/C33H40N6O4S/c1-3-4-7-30(43-28-14-10-26(11-15-28)32(34)37-40)42-27-12-8-25(9-13-27)31-29(23-39-17-19-41-20-18-39)44-33(36-31)38(2)22-24-6-5-16-35-21-24/h5-6,8-16,21,30,40H,3-4,7,17-20,22-23H2,1-2H3,(H2,34,37). The SMILES string of the molecule is CCCCC(Oc1ccc(C(N)=NO)cc1)Oc1ccc(-c2nc(N(C)Cc3cccnc3)sc2CN2CCOCC2)cc1. The molecule has 1 saturated heterocycles. The van der Waals surface area contributed by atoms with Gasteiger partial charge in [0.1, 0.15) is 11.5 Å². The van der Waals surface area contributed by atoms with Crippen molar-refractivity contribution in [1.29, 1.82) is 0 Å². The number of rotatable bonds is 14. The predicted molar refractivity (Wildman–Crippen MR) is 174 cm³/mol. The van der Waals surface area contributed by atoms with Crippen LogP contribution in [-0.2, 0) is 17.8 Å². The molecule has 1 aliphatic rings. The lowest BCUT2D eigenvalue weighted by Gasteiger charge is -2.26. The number of hydrogen-bond donors (Lipinski definition) is 2. The highest BCUT2D eigenvalue weighted by Gasteiger charge is 2.20. The Balaban J connectivity index is 1.32. The third-order valence-corrected chi connectivity index (χ3v) is 8.49. The van der Waals surface area contributed by atoms with Crippen LogP contribution in [0.15, 0.2) is 78.2 Å². The van der Waals surface area contributed by atoms with Crippen LogP contribution in [0.2, 0.25) is 0 Å². The van der Waals surface area contributed by atoms with E-state index in [2.05, 4.69) is 52.1 Å². The van der Waals surface area contributed by atoms with Crippen LogP contribution in [-0.4, -0.2) is 65.6 Å². The Morgan fingerprint density at radius 1 is 1.09 bits per heavy atom. The second-order valence-corrected chi connectivity index (χ2v) is 11.8. The summed E-state index contributed by atoms with van der Waals surface area (Å²) in [7, 11) is 2.07. The maximum Gasteiger partial charge on any atom is 0.241 e. The average Bonchev–Trinajstić information content (AvgIpc) is 3.48. The molecule has 1 atom stereocenters. The van der Waals surface area contributed by atoms with Crippen molar-refractivity contribution < 1.29 is 19.4 Å². The third kappa shape index (κ3) is 8.46. The topological polar surface area (TPSA) is 119 Å². The summed E-state index contributed by atoms with van der Waals surface area (Å²) in [6.07, 6.45) is 5.96. The lowest BCUT2D eigenvalue weighted by atomic mass is 10.1. The van der Waals surface area contributed by atoms with E-state index in [1.165, 1.54) is 4.88 Å². The van der Waals surface area contributed by atoms with Crippen molar-refractivity contribution in [2.45, 2.75) is 45.6 Å². The lowest BCUT2D eigenvalue weighted by Crippen LogP contribution is -2.35. The number of nitrogens with two attached hydrogens (primary N) is 1. The molecule has 0 radical (unpaired) electrons. The van der Waals surface area contributed by atoms with E-state index in [0.717, 1.165) is 86.4 Å². The summed E-state index contributed by atoms with van der Waals surface area (Å²) in [5.74, 6) is 1.42. The highest BCUT2D eigenvalue weighted by Crippen LogP contribution is 2.35. The average molecular weight is 617 g/mol. The van der Waals surface area contributed by atoms with Gasteiger partial charge in [0, 0.05) is 68.0 Å². The predicted octanol–water partition coefficient (Wildman–Crippen LogP) is 5.74. The first-order valence-corrected chi connectivity index (χ1v) is 15.8. The van der Waals surface area contributed by atoms with Crippen molar-refractivity contribution in [2.75, 3.05) is 38.3 Å². The Bertz CT molecular complexity index is 1470. The molecule has 1 aliphatic heterocycles. The normalized spacial score (nSPS) is 14.7. The van der Waals surface area contributed by atoms with Gasteiger partial charge in [0.2, 0.25) is 6.29 Å². The molecule has 1 fully saturated rings. The molecule has 0 spiro atoms. The first-order chi connectivity index (χ1) is 21.5. The number of nitrogens with zero attached hydrogens (tertiary/aromatic N) is 5. The minimum atomic E-state index is -0.459. The van der Waals surface area contributed by atoms with Crippen LogP contribution in [0.1, 0.15) is 42.2 Å². The first-order valence-electron chi connectivity index (χ1n) is 14.9. The van der Waals surface area contributed by atoms with Gasteiger partial charge in [0.15, 0.2) is 11.0 Å². The number of anilines is 1. The number of benzene rings is 2. The van der Waals surface area contributed by atoms with Gasteiger partial charge in [-0.2, -0.15) is 0 Å². The molecule has 5 rings (SSSR count). The molecule has 1 unspecified atom stereocenters. The van der Waals surface area contributed by atoms with Crippen molar-refractivity contribution in [3.05, 3.63) is 89.1 Å². The van der Waals surface area contributed by atoms with E-state index in [4.69, 9.17) is 30.1 Å². The Hall–Kier alpha value is -4.19. The van der Waals surface area contributed by atoms with Gasteiger partial charge >= 0.3 is 0 Å². The van der Waals surface area contributed by atoms with Crippen LogP contribution >= 0.6 is 11.3 Å². The summed E-state index contributed by atoms with van der Waals surface area (Å²) >= 11 is 1.74. The van der Waals surface area contributed by atoms with E-state index in [0.29, 0.717) is 11.3 Å². The van der Waals surface area contributed by atoms with Crippen LogP contribution in [0.4, 0.5) is 5.13 Å². The molecule has 44 heavy (non-hydrogen) atoms. The number of pyridine rings is 1. The van der Waals surface area contributed by atoms with Gasteiger partial charge in [0.05, 0.1) is 18.9 Å². The third-order valence-electron chi connectivity index (χ3n) is 7.34. The van der Waals surface area contributed by atoms with Crippen molar-refractivity contribution in [1.82, 2.24) is 14.9 Å². The van der Waals surface area contributed by atoms with Crippen molar-refractivity contribution in [3.63, 3.8) is 0 Å². The van der Waals surface area contributed by atoms with Crippen molar-refractivity contribution in [3.8, 4) is 22.8 Å². The molecule has 2 aromatic heterocycles. The molecule has 232 valence electrons. The Labute approximate surface area is 262 Å². The zero-order valence-electron chi connectivity index (χ0n) is 25.3. The maximum absolute atomic E-state index is 8.92. The number of hydrogen-bond acceptors (Lipinski definition) is 10. The van der Waals surface area contributed by atoms with Gasteiger partial charge in [-0.15, -0.1) is 0 Å². The number of thiazole rings is 1. The maximum atomic E-state index is 8.92. The minimum Gasteiger partial charge on any atom is -0.455 e. The van der Waals surface area contributed by atoms with Crippen LogP contribution in [0.5, 0.6) is 11.5 Å². The van der Waals surface area contributed by atoms with Gasteiger partial charge in [-0.05, 0) is 66.6 Å². The first kappa shape index (κ1) is 31.2. The quantitative estimate of drug-likeness (QED) is 0.0601. The largest absolute Gasteiger partial charge is 0.455 e. The smallest absolute Gasteiger partial charge is 0.241 e. The molecule has 3 heterocycles. The molecule has 0 aliphatic carbocycles. The molecule has 4 aromatic rings. The molecule has 0 saturated carbocycles. The van der Waals surface area contributed by atoms with Crippen LogP contribution in [0, 0.1) is 0 Å². The number of ether oxygens (including phenoxy) is 3. The Morgan fingerprint density at radius 3 is 2.43 bits per heavy atom. The molecular weight excluding hydrogens is 576 g/mol. The van der Waals surface area contributed by atoms with Gasteiger partial charge in [-0.1, -0.05) is 35.9 Å². The Morgan fingerprint density at radius 2 is 1.80 bits per heavy atom. The number of amidine groups is 1. The number of morpholine rings is 1. The molecule has 10 nitrogen and oxygen atoms in total. The van der Waals surface area contributed by atoms with Crippen LogP contribution < -0.4 is 20.1 Å². The summed E-state index contributed by atoms with van der Waals surface area (Å²) in [6, 6.07) is 19.2. The van der Waals surface area contributed by atoms with E-state index in [9.17, 15) is 0 Å². The molecule has 11 heteroatoms. The number of unbranched alkanes of at least 4 members (excludes halogenated alkanes) is 1. The molecule has 2 aromatic carbocycles. The molecule has 0 bridgehead atoms. The fourth-order valence-corrected chi connectivity index (χ4v) is 5.99. The zero-order valence-corrected chi connectivity index (χ0v) is 26.1. The number of aromatic nitrogens is 2. The molecular formula is C33H40N6O4S. The highest BCUT2D eigenvalue weighted by atomic mass is 32.1. The van der Waals surface area contributed by atoms with E-state index in [-0.39, 0.29) is 5.84 Å². The van der Waals surface area contributed by atoms with Gasteiger partial charge in [-0.3, -0.25) is 9.88 Å². The number of oxime groups is 1. The second-order valence-electron chi connectivity index (χ2n) is 10.7. The van der Waals surface area contributed by atoms with Gasteiger partial charge in [-0.25, -0.2) is 4.98 Å². The van der Waals surface area contributed by atoms with Crippen LogP contribution in [0.3, 0.4) is 0 Å². The summed E-state index contributed by atoms with van der Waals surface area (Å²) in [6.45, 7) is 7.04. The van der Waals surface area contributed by atoms with E-state index in [1.807, 2.05) is 24.4 Å². The summed E-state index contributed by atoms with van der Waals surface area (Å²) < 4.78 is 18.1. The fraction of sp³-hybridized carbons (Fsp3) is 0.364. The Kier molecular flexibility index (Phi) is 11.0. The van der Waals surface area contributed by atoms with Gasteiger partial charge < -0.3 is 30.1 Å². The molecule has 3 N–H and O–H groups in total. The highest BCUT2D eigenvalue weighted by molar-refractivity contribution is 7.16. The van der Waals surface area contributed by atoms with E-state index < -0.39 is 6.29 Å². The van der Waals surface area contributed by atoms with E-state index >= 15 is 0 Å². The fourth-order valence-electron chi connectivity index (χ4n) is 4.90. The molecule has 0 amide bonds. The lowest BCUT2D eigenvalue weighted by molar-refractivity contribution is -0.00211. The summed E-state index contributed by atoms with van der Waals surface area (Å²) in [5.41, 5.74) is 9.48. The second kappa shape index (κ2) is 15.5. The van der Waals surface area contributed by atoms with E-state index in [1.54, 1.807) is 41.8 Å². The van der Waals surface area contributed by atoms with Crippen molar-refractivity contribution in [2.24, 2.45) is 10.9 Å². The van der Waals surface area contributed by atoms with Gasteiger partial charge in [0.25, 0.3) is 0 Å². The van der Waals surface area contributed by atoms with Crippen LogP contribution in [0.25, 0.3) is 11.3 Å². The minimum absolute atomic E-state index is 0.0518. The zero-order chi connectivity index (χ0) is 30.7.